The summed E-state index contributed by atoms with van der Waals surface area (Å²) in [6, 6.07) is 7.54. The number of carbonyl (C=O) groups excluding carboxylic acids is 1. The molecule has 0 unspecified atom stereocenters. The molecule has 10 heteroatoms. The minimum absolute atomic E-state index is 0.00487. The summed E-state index contributed by atoms with van der Waals surface area (Å²) < 4.78 is 5.06. The Bertz CT molecular complexity index is 859. The second-order valence-electron chi connectivity index (χ2n) is 5.47. The molecule has 0 bridgehead atoms. The van der Waals surface area contributed by atoms with Crippen molar-refractivity contribution in [1.29, 1.82) is 0 Å². The molecule has 9 nitrogen and oxygen atoms in total. The van der Waals surface area contributed by atoms with Crippen LogP contribution >= 0.6 is 11.3 Å². The van der Waals surface area contributed by atoms with Crippen LogP contribution in [0.25, 0.3) is 0 Å². The van der Waals surface area contributed by atoms with E-state index in [9.17, 15) is 14.9 Å². The molecule has 0 fully saturated rings. The van der Waals surface area contributed by atoms with Gasteiger partial charge in [-0.15, -0.1) is 11.3 Å². The Balaban J connectivity index is 2.14. The zero-order valence-electron chi connectivity index (χ0n) is 15.1. The first-order chi connectivity index (χ1) is 12.9. The summed E-state index contributed by atoms with van der Waals surface area (Å²) in [6.07, 6.45) is 3.15. The summed E-state index contributed by atoms with van der Waals surface area (Å²) in [5.74, 6) is -0.442. The molecule has 1 heterocycles. The summed E-state index contributed by atoms with van der Waals surface area (Å²) in [7, 11) is 3.66. The highest BCUT2D eigenvalue weighted by Crippen LogP contribution is 2.30. The van der Waals surface area contributed by atoms with Gasteiger partial charge in [0.1, 0.15) is 5.00 Å². The van der Waals surface area contributed by atoms with Crippen LogP contribution in [-0.4, -0.2) is 49.0 Å². The monoisotopic (exact) mass is 389 g/mol. The molecule has 2 aromatic rings. The number of non-ortho nitro benzene ring substituents is 1. The van der Waals surface area contributed by atoms with Crippen molar-refractivity contribution in [3.05, 3.63) is 50.9 Å². The van der Waals surface area contributed by atoms with Crippen molar-refractivity contribution in [2.24, 2.45) is 10.1 Å². The highest BCUT2D eigenvalue weighted by atomic mass is 32.1. The number of esters is 1. The molecule has 27 heavy (non-hydrogen) atoms. The predicted molar refractivity (Wildman–Crippen MR) is 106 cm³/mol. The maximum atomic E-state index is 12.1. The molecule has 1 N–H and O–H groups in total. The van der Waals surface area contributed by atoms with E-state index in [2.05, 4.69) is 15.5 Å². The lowest BCUT2D eigenvalue weighted by Gasteiger charge is -2.02. The van der Waals surface area contributed by atoms with Gasteiger partial charge in [-0.05, 0) is 25.1 Å². The zero-order chi connectivity index (χ0) is 19.8. The molecule has 2 rings (SSSR count). The van der Waals surface area contributed by atoms with Gasteiger partial charge in [-0.1, -0.05) is 0 Å². The Hall–Kier alpha value is -3.27. The van der Waals surface area contributed by atoms with Gasteiger partial charge >= 0.3 is 5.97 Å². The number of anilines is 1. The second-order valence-corrected chi connectivity index (χ2v) is 6.53. The number of carbonyl (C=O) groups is 1. The summed E-state index contributed by atoms with van der Waals surface area (Å²) in [6.45, 7) is 2.01. The molecule has 0 aliphatic heterocycles. The van der Waals surface area contributed by atoms with Crippen molar-refractivity contribution < 1.29 is 14.5 Å². The Labute approximate surface area is 160 Å². The molecule has 1 aromatic heterocycles. The van der Waals surface area contributed by atoms with Crippen LogP contribution in [0.15, 0.2) is 40.4 Å². The minimum Gasteiger partial charge on any atom is -0.462 e. The van der Waals surface area contributed by atoms with Crippen LogP contribution in [0.5, 0.6) is 0 Å². The largest absolute Gasteiger partial charge is 0.462 e. The van der Waals surface area contributed by atoms with E-state index >= 15 is 0 Å². The van der Waals surface area contributed by atoms with Crippen molar-refractivity contribution in [3.63, 3.8) is 0 Å². The van der Waals surface area contributed by atoms with Crippen LogP contribution < -0.4 is 5.43 Å². The van der Waals surface area contributed by atoms with Crippen molar-refractivity contribution in [2.45, 2.75) is 6.92 Å². The lowest BCUT2D eigenvalue weighted by Crippen LogP contribution is -2.07. The Morgan fingerprint density at radius 1 is 1.37 bits per heavy atom. The minimum atomic E-state index is -0.467. The van der Waals surface area contributed by atoms with Crippen molar-refractivity contribution in [1.82, 2.24) is 4.90 Å². The number of nitrogens with zero attached hydrogens (tertiary/aromatic N) is 4. The number of aliphatic imine (C=N–C) groups is 1. The van der Waals surface area contributed by atoms with Gasteiger partial charge in [0.25, 0.3) is 5.69 Å². The quantitative estimate of drug-likeness (QED) is 0.243. The fraction of sp³-hybridized carbons (Fsp3) is 0.235. The van der Waals surface area contributed by atoms with Crippen LogP contribution in [0.4, 0.5) is 16.4 Å². The summed E-state index contributed by atoms with van der Waals surface area (Å²) in [5, 5.41) is 15.3. The topological polar surface area (TPSA) is 109 Å². The average Bonchev–Trinajstić information content (AvgIpc) is 3.04. The van der Waals surface area contributed by atoms with Gasteiger partial charge in [0.15, 0.2) is 0 Å². The van der Waals surface area contributed by atoms with E-state index in [1.165, 1.54) is 23.5 Å². The lowest BCUT2D eigenvalue weighted by molar-refractivity contribution is -0.384. The fourth-order valence-electron chi connectivity index (χ4n) is 1.91. The van der Waals surface area contributed by atoms with E-state index in [0.717, 1.165) is 0 Å². The van der Waals surface area contributed by atoms with Gasteiger partial charge in [-0.2, -0.15) is 5.10 Å². The first-order valence-corrected chi connectivity index (χ1v) is 8.77. The molecule has 0 aliphatic rings. The molecule has 142 valence electrons. The third kappa shape index (κ3) is 5.89. The average molecular weight is 389 g/mol. The smallest absolute Gasteiger partial charge is 0.341 e. The van der Waals surface area contributed by atoms with Crippen molar-refractivity contribution in [3.8, 4) is 0 Å². The predicted octanol–water partition coefficient (Wildman–Crippen LogP) is 3.50. The maximum absolute atomic E-state index is 12.1. The maximum Gasteiger partial charge on any atom is 0.341 e. The normalized spacial score (nSPS) is 11.1. The van der Waals surface area contributed by atoms with E-state index in [-0.39, 0.29) is 12.3 Å². The molecule has 0 radical (unpaired) electrons. The number of nitrogens with one attached hydrogen (secondary N) is 1. The standard InChI is InChI=1S/C17H19N5O4S/c1-4-26-17(23)15-9-14(27-16(15)18-11-21(2)3)10-19-20-12-5-7-13(8-6-12)22(24)25/h5-11,20H,4H2,1-3H3/b18-11?,19-10-. The van der Waals surface area contributed by atoms with Gasteiger partial charge < -0.3 is 9.64 Å². The van der Waals surface area contributed by atoms with E-state index in [4.69, 9.17) is 4.74 Å². The summed E-state index contributed by atoms with van der Waals surface area (Å²) in [5.41, 5.74) is 3.76. The van der Waals surface area contributed by atoms with E-state index < -0.39 is 10.9 Å². The highest BCUT2D eigenvalue weighted by Gasteiger charge is 2.16. The van der Waals surface area contributed by atoms with Crippen LogP contribution in [0.1, 0.15) is 22.2 Å². The Morgan fingerprint density at radius 2 is 2.07 bits per heavy atom. The summed E-state index contributed by atoms with van der Waals surface area (Å²) >= 11 is 1.29. The molecular weight excluding hydrogens is 370 g/mol. The molecule has 0 atom stereocenters. The Kier molecular flexibility index (Phi) is 7.00. The van der Waals surface area contributed by atoms with Gasteiger partial charge in [0.05, 0.1) is 40.2 Å². The van der Waals surface area contributed by atoms with Crippen molar-refractivity contribution in [2.75, 3.05) is 26.1 Å². The Morgan fingerprint density at radius 3 is 2.67 bits per heavy atom. The van der Waals surface area contributed by atoms with Crippen molar-refractivity contribution >= 4 is 46.2 Å². The molecule has 0 aliphatic carbocycles. The number of rotatable bonds is 8. The van der Waals surface area contributed by atoms with Gasteiger partial charge in [0.2, 0.25) is 0 Å². The van der Waals surface area contributed by atoms with Crippen LogP contribution in [0, 0.1) is 10.1 Å². The van der Waals surface area contributed by atoms with Gasteiger partial charge in [0, 0.05) is 26.2 Å². The third-order valence-electron chi connectivity index (χ3n) is 3.10. The number of thiophene rings is 1. The van der Waals surface area contributed by atoms with Gasteiger partial charge in [-0.25, -0.2) is 9.79 Å². The number of ether oxygens (including phenoxy) is 1. The first kappa shape index (κ1) is 20.0. The molecule has 0 amide bonds. The number of hydrazone groups is 1. The number of benzene rings is 1. The van der Waals surface area contributed by atoms with Crippen LogP contribution in [0.3, 0.4) is 0 Å². The van der Waals surface area contributed by atoms with E-state index in [0.29, 0.717) is 21.1 Å². The highest BCUT2D eigenvalue weighted by molar-refractivity contribution is 7.17. The first-order valence-electron chi connectivity index (χ1n) is 7.95. The second kappa shape index (κ2) is 9.43. The number of nitro groups is 1. The molecule has 0 spiro atoms. The van der Waals surface area contributed by atoms with E-state index in [1.807, 2.05) is 14.1 Å². The number of hydrogen-bond acceptors (Lipinski definition) is 8. The lowest BCUT2D eigenvalue weighted by atomic mass is 10.3. The third-order valence-corrected chi connectivity index (χ3v) is 4.07. The molecular formula is C17H19N5O4S. The SMILES string of the molecule is CCOC(=O)c1cc(/C=N\Nc2ccc([N+](=O)[O-])cc2)sc1N=CN(C)C. The zero-order valence-corrected chi connectivity index (χ0v) is 15.9. The molecule has 0 saturated carbocycles. The van der Waals surface area contributed by atoms with Crippen LogP contribution in [-0.2, 0) is 4.74 Å². The molecule has 1 aromatic carbocycles. The fourth-order valence-corrected chi connectivity index (χ4v) is 2.77. The number of hydrogen-bond donors (Lipinski definition) is 1. The summed E-state index contributed by atoms with van der Waals surface area (Å²) in [4.78, 5) is 29.0. The van der Waals surface area contributed by atoms with Crippen LogP contribution in [0.2, 0.25) is 0 Å². The molecule has 0 saturated heterocycles. The number of nitro benzene ring substituents is 1. The van der Waals surface area contributed by atoms with Gasteiger partial charge in [-0.3, -0.25) is 15.5 Å². The van der Waals surface area contributed by atoms with E-state index in [1.54, 1.807) is 42.6 Å².